The number of anilines is 2. The summed E-state index contributed by atoms with van der Waals surface area (Å²) < 4.78 is 38.4. The van der Waals surface area contributed by atoms with E-state index in [1.165, 1.54) is 30.3 Å². The first kappa shape index (κ1) is 23.7. The summed E-state index contributed by atoms with van der Waals surface area (Å²) in [4.78, 5) is 12.1. The molecule has 0 aliphatic rings. The third kappa shape index (κ3) is 6.53. The van der Waals surface area contributed by atoms with Crippen LogP contribution in [0, 0.1) is 0 Å². The van der Waals surface area contributed by atoms with Gasteiger partial charge in [0.15, 0.2) is 6.61 Å². The van der Waals surface area contributed by atoms with E-state index in [1.807, 2.05) is 6.92 Å². The number of ether oxygens (including phenoxy) is 2. The monoisotopic (exact) mass is 494 g/mol. The highest BCUT2D eigenvalue weighted by molar-refractivity contribution is 7.92. The number of hydrogen-bond donors (Lipinski definition) is 2. The standard InChI is InChI=1S/C22H20Cl2N2O5S/c1-2-30-17-6-4-16(5-7-17)26-32(28,29)19-10-8-18(9-11-19)31-14-22(27)25-21-12-3-15(23)13-20(21)24/h3-13,26H,2,14H2,1H3,(H,25,27). The average molecular weight is 495 g/mol. The van der Waals surface area contributed by atoms with Gasteiger partial charge < -0.3 is 14.8 Å². The maximum atomic E-state index is 12.6. The van der Waals surface area contributed by atoms with Gasteiger partial charge >= 0.3 is 0 Å². The summed E-state index contributed by atoms with van der Waals surface area (Å²) in [7, 11) is -3.79. The van der Waals surface area contributed by atoms with Gasteiger partial charge in [0.2, 0.25) is 0 Å². The molecule has 0 saturated heterocycles. The lowest BCUT2D eigenvalue weighted by Crippen LogP contribution is -2.20. The third-order valence-electron chi connectivity index (χ3n) is 4.13. The molecule has 168 valence electrons. The van der Waals surface area contributed by atoms with Crippen LogP contribution in [0.15, 0.2) is 71.6 Å². The largest absolute Gasteiger partial charge is 0.494 e. The van der Waals surface area contributed by atoms with Gasteiger partial charge in [-0.05, 0) is 73.7 Å². The summed E-state index contributed by atoms with van der Waals surface area (Å²) >= 11 is 11.9. The molecule has 0 heterocycles. The van der Waals surface area contributed by atoms with E-state index in [4.69, 9.17) is 32.7 Å². The van der Waals surface area contributed by atoms with E-state index in [-0.39, 0.29) is 11.5 Å². The molecule has 10 heteroatoms. The summed E-state index contributed by atoms with van der Waals surface area (Å²) in [5, 5.41) is 3.37. The minimum atomic E-state index is -3.79. The molecule has 0 bridgehead atoms. The molecule has 0 aliphatic heterocycles. The second kappa shape index (κ2) is 10.6. The number of amides is 1. The van der Waals surface area contributed by atoms with Gasteiger partial charge in [0.05, 0.1) is 22.2 Å². The summed E-state index contributed by atoms with van der Waals surface area (Å²) in [6, 6.07) is 17.0. The highest BCUT2D eigenvalue weighted by Crippen LogP contribution is 2.25. The highest BCUT2D eigenvalue weighted by Gasteiger charge is 2.15. The lowest BCUT2D eigenvalue weighted by Gasteiger charge is -2.11. The Hall–Kier alpha value is -2.94. The van der Waals surface area contributed by atoms with Gasteiger partial charge in [-0.3, -0.25) is 9.52 Å². The summed E-state index contributed by atoms with van der Waals surface area (Å²) in [6.45, 7) is 2.11. The Bertz CT molecular complexity index is 1180. The molecule has 0 spiro atoms. The van der Waals surface area contributed by atoms with Crippen molar-refractivity contribution in [3.05, 3.63) is 76.8 Å². The van der Waals surface area contributed by atoms with Crippen molar-refractivity contribution < 1.29 is 22.7 Å². The summed E-state index contributed by atoms with van der Waals surface area (Å²) in [6.07, 6.45) is 0. The Morgan fingerprint density at radius 2 is 1.53 bits per heavy atom. The van der Waals surface area contributed by atoms with Crippen molar-refractivity contribution in [1.82, 2.24) is 0 Å². The summed E-state index contributed by atoms with van der Waals surface area (Å²) in [5.74, 6) is 0.560. The quantitative estimate of drug-likeness (QED) is 0.425. The van der Waals surface area contributed by atoms with Crippen molar-refractivity contribution in [3.8, 4) is 11.5 Å². The van der Waals surface area contributed by atoms with Gasteiger partial charge in [-0.15, -0.1) is 0 Å². The Kier molecular flexibility index (Phi) is 7.84. The van der Waals surface area contributed by atoms with Crippen molar-refractivity contribution in [2.45, 2.75) is 11.8 Å². The third-order valence-corrected chi connectivity index (χ3v) is 6.07. The topological polar surface area (TPSA) is 93.7 Å². The van der Waals surface area contributed by atoms with Gasteiger partial charge in [0.1, 0.15) is 11.5 Å². The number of rotatable bonds is 9. The van der Waals surface area contributed by atoms with Crippen molar-refractivity contribution in [2.75, 3.05) is 23.3 Å². The zero-order valence-corrected chi connectivity index (χ0v) is 19.3. The predicted octanol–water partition coefficient (Wildman–Crippen LogP) is 5.21. The van der Waals surface area contributed by atoms with Crippen molar-refractivity contribution in [2.24, 2.45) is 0 Å². The van der Waals surface area contributed by atoms with Crippen LogP contribution in [0.5, 0.6) is 11.5 Å². The fraction of sp³-hybridized carbons (Fsp3) is 0.136. The first-order chi connectivity index (χ1) is 15.3. The minimum Gasteiger partial charge on any atom is -0.494 e. The van der Waals surface area contributed by atoms with Crippen LogP contribution in [0.2, 0.25) is 10.0 Å². The van der Waals surface area contributed by atoms with Gasteiger partial charge in [0.25, 0.3) is 15.9 Å². The van der Waals surface area contributed by atoms with Crippen LogP contribution < -0.4 is 19.5 Å². The fourth-order valence-corrected chi connectivity index (χ4v) is 4.16. The van der Waals surface area contributed by atoms with Crippen molar-refractivity contribution in [1.29, 1.82) is 0 Å². The van der Waals surface area contributed by atoms with Gasteiger partial charge in [-0.2, -0.15) is 0 Å². The smallest absolute Gasteiger partial charge is 0.262 e. The lowest BCUT2D eigenvalue weighted by atomic mass is 10.3. The number of hydrogen-bond acceptors (Lipinski definition) is 5. The van der Waals surface area contributed by atoms with Crippen molar-refractivity contribution in [3.63, 3.8) is 0 Å². The molecule has 1 amide bonds. The molecule has 3 aromatic rings. The number of halogens is 2. The molecule has 7 nitrogen and oxygen atoms in total. The lowest BCUT2D eigenvalue weighted by molar-refractivity contribution is -0.118. The van der Waals surface area contributed by atoms with E-state index in [0.29, 0.717) is 39.5 Å². The molecular formula is C22H20Cl2N2O5S. The zero-order valence-electron chi connectivity index (χ0n) is 17.0. The molecule has 3 rings (SSSR count). The molecule has 0 saturated carbocycles. The van der Waals surface area contributed by atoms with E-state index in [2.05, 4.69) is 10.0 Å². The van der Waals surface area contributed by atoms with E-state index < -0.39 is 15.9 Å². The van der Waals surface area contributed by atoms with Crippen LogP contribution >= 0.6 is 23.2 Å². The molecule has 32 heavy (non-hydrogen) atoms. The molecular weight excluding hydrogens is 475 g/mol. The summed E-state index contributed by atoms with van der Waals surface area (Å²) in [5.41, 5.74) is 0.817. The van der Waals surface area contributed by atoms with Crippen LogP contribution in [0.4, 0.5) is 11.4 Å². The second-order valence-electron chi connectivity index (χ2n) is 6.50. The number of carbonyl (C=O) groups excluding carboxylic acids is 1. The van der Waals surface area contributed by atoms with E-state index in [9.17, 15) is 13.2 Å². The Labute approximate surface area is 196 Å². The first-order valence-electron chi connectivity index (χ1n) is 9.50. The second-order valence-corrected chi connectivity index (χ2v) is 9.02. The molecule has 0 atom stereocenters. The molecule has 0 unspecified atom stereocenters. The molecule has 3 aromatic carbocycles. The number of nitrogens with one attached hydrogen (secondary N) is 2. The first-order valence-corrected chi connectivity index (χ1v) is 11.7. The van der Waals surface area contributed by atoms with Crippen LogP contribution in [0.1, 0.15) is 6.92 Å². The highest BCUT2D eigenvalue weighted by atomic mass is 35.5. The Balaban J connectivity index is 1.57. The normalized spacial score (nSPS) is 11.0. The average Bonchev–Trinajstić information content (AvgIpc) is 2.76. The SMILES string of the molecule is CCOc1ccc(NS(=O)(=O)c2ccc(OCC(=O)Nc3ccc(Cl)cc3Cl)cc2)cc1. The maximum absolute atomic E-state index is 12.6. The van der Waals surface area contributed by atoms with Crippen LogP contribution in [0.3, 0.4) is 0 Å². The van der Waals surface area contributed by atoms with Crippen molar-refractivity contribution >= 4 is 50.5 Å². The van der Waals surface area contributed by atoms with Gasteiger partial charge in [0, 0.05) is 10.7 Å². The van der Waals surface area contributed by atoms with E-state index >= 15 is 0 Å². The number of benzene rings is 3. The molecule has 2 N–H and O–H groups in total. The van der Waals surface area contributed by atoms with E-state index in [0.717, 1.165) is 0 Å². The van der Waals surface area contributed by atoms with Gasteiger partial charge in [-0.1, -0.05) is 23.2 Å². The van der Waals surface area contributed by atoms with Crippen LogP contribution in [-0.4, -0.2) is 27.5 Å². The number of carbonyl (C=O) groups is 1. The van der Waals surface area contributed by atoms with E-state index in [1.54, 1.807) is 36.4 Å². The molecule has 0 aliphatic carbocycles. The maximum Gasteiger partial charge on any atom is 0.262 e. The van der Waals surface area contributed by atoms with Crippen LogP contribution in [-0.2, 0) is 14.8 Å². The number of sulfonamides is 1. The fourth-order valence-electron chi connectivity index (χ4n) is 2.64. The Morgan fingerprint density at radius 3 is 2.16 bits per heavy atom. The predicted molar refractivity (Wildman–Crippen MR) is 125 cm³/mol. The van der Waals surface area contributed by atoms with Gasteiger partial charge in [-0.25, -0.2) is 8.42 Å². The van der Waals surface area contributed by atoms with Crippen LogP contribution in [0.25, 0.3) is 0 Å². The molecule has 0 fully saturated rings. The Morgan fingerprint density at radius 1 is 0.906 bits per heavy atom. The zero-order chi connectivity index (χ0) is 23.1. The molecule has 0 radical (unpaired) electrons. The minimum absolute atomic E-state index is 0.0520. The molecule has 0 aromatic heterocycles.